The van der Waals surface area contributed by atoms with Gasteiger partial charge in [0, 0.05) is 25.7 Å². The van der Waals surface area contributed by atoms with Crippen LogP contribution in [0.3, 0.4) is 0 Å². The Balaban J connectivity index is 1.56. The minimum absolute atomic E-state index is 0.0398. The van der Waals surface area contributed by atoms with Crippen LogP contribution in [0.25, 0.3) is 0 Å². The summed E-state index contributed by atoms with van der Waals surface area (Å²) >= 11 is 0. The first-order chi connectivity index (χ1) is 19.1. The molecule has 2 N–H and O–H groups in total. The zero-order chi connectivity index (χ0) is 30.5. The third-order valence-corrected chi connectivity index (χ3v) is 6.46. The number of hydrogen-bond donors (Lipinski definition) is 2. The number of Topliss-reactive ketones (excluding diaryl/α,β-unsaturated/α-hetero) is 1. The predicted octanol–water partition coefficient (Wildman–Crippen LogP) is 2.79. The number of ketones is 1. The number of amides is 2. The maximum atomic E-state index is 13.8. The number of carbonyl (C=O) groups is 4. The summed E-state index contributed by atoms with van der Waals surface area (Å²) in [5.41, 5.74) is 2.05. The van der Waals surface area contributed by atoms with Crippen molar-refractivity contribution in [1.29, 1.82) is 0 Å². The molecule has 0 radical (unpaired) electrons. The lowest BCUT2D eigenvalue weighted by atomic mass is 9.86. The van der Waals surface area contributed by atoms with Crippen molar-refractivity contribution in [2.45, 2.75) is 45.2 Å². The standard InChI is InChI=1S/C28H31F4N3O6/c1-28(2,3)17-6-4-5-16(9-17)12-35-8-7-34(14-23(35)38)13-22(37)33-20(11-24(39)40)21(36)15-41-27-25(31)18(29)10-19(30)26(27)32/h4-6,9-10,20H,7-8,11-15H2,1-3H3,(H,33,37)(H,39,40)/t20-/m0/s1. The highest BCUT2D eigenvalue weighted by Gasteiger charge is 2.29. The molecule has 1 aliphatic rings. The summed E-state index contributed by atoms with van der Waals surface area (Å²) in [4.78, 5) is 52.3. The van der Waals surface area contributed by atoms with E-state index in [-0.39, 0.29) is 30.5 Å². The van der Waals surface area contributed by atoms with Crippen molar-refractivity contribution in [3.05, 3.63) is 64.7 Å². The van der Waals surface area contributed by atoms with E-state index in [1.807, 2.05) is 24.3 Å². The molecule has 2 aromatic rings. The Bertz CT molecular complexity index is 1300. The molecule has 0 spiro atoms. The molecule has 0 saturated carbocycles. The summed E-state index contributed by atoms with van der Waals surface area (Å²) in [6, 6.07) is 6.22. The van der Waals surface area contributed by atoms with Crippen LogP contribution in [0.5, 0.6) is 5.75 Å². The van der Waals surface area contributed by atoms with Gasteiger partial charge in [0.15, 0.2) is 23.2 Å². The summed E-state index contributed by atoms with van der Waals surface area (Å²) < 4.78 is 59.0. The minimum atomic E-state index is -1.87. The lowest BCUT2D eigenvalue weighted by Gasteiger charge is -2.34. The zero-order valence-electron chi connectivity index (χ0n) is 22.8. The number of nitrogens with zero attached hydrogens (tertiary/aromatic N) is 2. The number of rotatable bonds is 11. The number of carbonyl (C=O) groups excluding carboxylic acids is 3. The Morgan fingerprint density at radius 3 is 2.29 bits per heavy atom. The van der Waals surface area contributed by atoms with Gasteiger partial charge in [0.25, 0.3) is 0 Å². The second-order valence-corrected chi connectivity index (χ2v) is 10.7. The predicted molar refractivity (Wildman–Crippen MR) is 138 cm³/mol. The Hall–Kier alpha value is -4.00. The number of nitrogens with one attached hydrogen (secondary N) is 1. The SMILES string of the molecule is CC(C)(C)c1cccc(CN2CCN(CC(=O)N[C@@H](CC(=O)O)C(=O)COc3c(F)c(F)cc(F)c3F)CC2=O)c1. The van der Waals surface area contributed by atoms with Gasteiger partial charge < -0.3 is 20.1 Å². The fraction of sp³-hybridized carbons (Fsp3) is 0.429. The first-order valence-electron chi connectivity index (χ1n) is 12.7. The number of hydrogen-bond acceptors (Lipinski definition) is 6. The molecule has 41 heavy (non-hydrogen) atoms. The van der Waals surface area contributed by atoms with Crippen molar-refractivity contribution in [1.82, 2.24) is 15.1 Å². The number of benzene rings is 2. The molecule has 2 aromatic carbocycles. The van der Waals surface area contributed by atoms with E-state index < -0.39 is 65.7 Å². The molecule has 9 nitrogen and oxygen atoms in total. The van der Waals surface area contributed by atoms with Gasteiger partial charge in [-0.15, -0.1) is 0 Å². The maximum Gasteiger partial charge on any atom is 0.305 e. The summed E-state index contributed by atoms with van der Waals surface area (Å²) in [6.45, 7) is 5.74. The smallest absolute Gasteiger partial charge is 0.305 e. The molecule has 0 aromatic heterocycles. The van der Waals surface area contributed by atoms with E-state index in [0.29, 0.717) is 19.6 Å². The molecule has 0 unspecified atom stereocenters. The Kier molecular flexibility index (Phi) is 10.1. The highest BCUT2D eigenvalue weighted by atomic mass is 19.2. The fourth-order valence-electron chi connectivity index (χ4n) is 4.20. The molecule has 1 aliphatic heterocycles. The van der Waals surface area contributed by atoms with Gasteiger partial charge in [-0.1, -0.05) is 45.0 Å². The van der Waals surface area contributed by atoms with Crippen molar-refractivity contribution in [3.63, 3.8) is 0 Å². The summed E-state index contributed by atoms with van der Waals surface area (Å²) in [5, 5.41) is 11.4. The van der Waals surface area contributed by atoms with Crippen LogP contribution < -0.4 is 10.1 Å². The van der Waals surface area contributed by atoms with E-state index in [1.165, 1.54) is 4.90 Å². The number of piperazine rings is 1. The minimum Gasteiger partial charge on any atom is -0.481 e. The molecule has 1 atom stereocenters. The van der Waals surface area contributed by atoms with Crippen molar-refractivity contribution >= 4 is 23.6 Å². The van der Waals surface area contributed by atoms with Gasteiger partial charge in [-0.3, -0.25) is 24.1 Å². The van der Waals surface area contributed by atoms with Gasteiger partial charge in [-0.25, -0.2) is 8.78 Å². The second-order valence-electron chi connectivity index (χ2n) is 10.7. The van der Waals surface area contributed by atoms with Crippen LogP contribution in [0.4, 0.5) is 17.6 Å². The van der Waals surface area contributed by atoms with E-state index in [1.54, 1.807) is 4.90 Å². The van der Waals surface area contributed by atoms with E-state index >= 15 is 0 Å². The lowest BCUT2D eigenvalue weighted by molar-refractivity contribution is -0.140. The van der Waals surface area contributed by atoms with Crippen LogP contribution in [0, 0.1) is 23.3 Å². The molecule has 1 heterocycles. The molecular weight excluding hydrogens is 550 g/mol. The van der Waals surface area contributed by atoms with E-state index in [0.717, 1.165) is 11.1 Å². The van der Waals surface area contributed by atoms with Crippen LogP contribution in [0.2, 0.25) is 0 Å². The van der Waals surface area contributed by atoms with Gasteiger partial charge in [0.1, 0.15) is 12.6 Å². The van der Waals surface area contributed by atoms with Crippen LogP contribution in [-0.4, -0.2) is 77.3 Å². The van der Waals surface area contributed by atoms with Crippen molar-refractivity contribution in [2.75, 3.05) is 32.8 Å². The molecule has 3 rings (SSSR count). The second kappa shape index (κ2) is 13.1. The van der Waals surface area contributed by atoms with Crippen molar-refractivity contribution in [2.24, 2.45) is 0 Å². The quantitative estimate of drug-likeness (QED) is 0.310. The third kappa shape index (κ3) is 8.49. The molecule has 1 fully saturated rings. The first kappa shape index (κ1) is 31.5. The van der Waals surface area contributed by atoms with Gasteiger partial charge in [0.05, 0.1) is 19.5 Å². The Labute approximate surface area is 234 Å². The number of ether oxygens (including phenoxy) is 1. The molecule has 0 aliphatic carbocycles. The maximum absolute atomic E-state index is 13.8. The molecule has 13 heteroatoms. The fourth-order valence-corrected chi connectivity index (χ4v) is 4.20. The van der Waals surface area contributed by atoms with Crippen molar-refractivity contribution < 1.29 is 46.6 Å². The van der Waals surface area contributed by atoms with E-state index in [4.69, 9.17) is 5.11 Å². The number of halogens is 4. The molecule has 222 valence electrons. The van der Waals surface area contributed by atoms with E-state index in [9.17, 15) is 36.7 Å². The Morgan fingerprint density at radius 2 is 1.71 bits per heavy atom. The van der Waals surface area contributed by atoms with E-state index in [2.05, 4.69) is 30.8 Å². The summed E-state index contributed by atoms with van der Waals surface area (Å²) in [6.07, 6.45) is -0.892. The average molecular weight is 582 g/mol. The first-order valence-corrected chi connectivity index (χ1v) is 12.7. The van der Waals surface area contributed by atoms with Crippen molar-refractivity contribution in [3.8, 4) is 5.75 Å². The monoisotopic (exact) mass is 581 g/mol. The van der Waals surface area contributed by atoms with Crippen LogP contribution >= 0.6 is 0 Å². The van der Waals surface area contributed by atoms with Gasteiger partial charge in [0.2, 0.25) is 23.4 Å². The number of carboxylic acid groups (broad SMARTS) is 1. The average Bonchev–Trinajstić information content (AvgIpc) is 2.88. The zero-order valence-corrected chi connectivity index (χ0v) is 22.8. The van der Waals surface area contributed by atoms with Gasteiger partial charge in [-0.05, 0) is 16.5 Å². The molecule has 1 saturated heterocycles. The Morgan fingerprint density at radius 1 is 1.05 bits per heavy atom. The van der Waals surface area contributed by atoms with Crippen LogP contribution in [0.1, 0.15) is 38.3 Å². The topological polar surface area (TPSA) is 116 Å². The summed E-state index contributed by atoms with van der Waals surface area (Å²) in [5.74, 6) is -12.3. The number of carboxylic acids is 1. The highest BCUT2D eigenvalue weighted by molar-refractivity contribution is 5.93. The van der Waals surface area contributed by atoms with Gasteiger partial charge in [-0.2, -0.15) is 8.78 Å². The largest absolute Gasteiger partial charge is 0.481 e. The number of aliphatic carboxylic acids is 1. The van der Waals surface area contributed by atoms with Gasteiger partial charge >= 0.3 is 5.97 Å². The van der Waals surface area contributed by atoms with Crippen LogP contribution in [-0.2, 0) is 31.1 Å². The molecule has 2 amide bonds. The third-order valence-electron chi connectivity index (χ3n) is 6.46. The molecular formula is C28H31F4N3O6. The normalized spacial score (nSPS) is 15.0. The molecule has 0 bridgehead atoms. The summed E-state index contributed by atoms with van der Waals surface area (Å²) in [7, 11) is 0. The highest BCUT2D eigenvalue weighted by Crippen LogP contribution is 2.26. The van der Waals surface area contributed by atoms with Crippen LogP contribution in [0.15, 0.2) is 30.3 Å². The lowest BCUT2D eigenvalue weighted by Crippen LogP contribution is -2.54.